The van der Waals surface area contributed by atoms with Gasteiger partial charge in [0.05, 0.1) is 0 Å². The lowest BCUT2D eigenvalue weighted by Crippen LogP contribution is -2.32. The van der Waals surface area contributed by atoms with E-state index in [0.717, 1.165) is 12.0 Å². The van der Waals surface area contributed by atoms with Gasteiger partial charge in [-0.25, -0.2) is 0 Å². The Hall–Kier alpha value is -0.0400. The number of nitrogens with one attached hydrogen (secondary N) is 1. The van der Waals surface area contributed by atoms with E-state index >= 15 is 0 Å². The highest BCUT2D eigenvalue weighted by Gasteiger charge is 2.07. The van der Waals surface area contributed by atoms with E-state index in [1.807, 2.05) is 0 Å². The summed E-state index contributed by atoms with van der Waals surface area (Å²) in [6, 6.07) is 0.778. The Balaban J connectivity index is 3.67. The van der Waals surface area contributed by atoms with Crippen LogP contribution in [0.3, 0.4) is 0 Å². The molecule has 0 amide bonds. The summed E-state index contributed by atoms with van der Waals surface area (Å²) in [6.07, 6.45) is 11.0. The monoisotopic (exact) mass is 227 g/mol. The van der Waals surface area contributed by atoms with Crippen LogP contribution in [-0.2, 0) is 0 Å². The zero-order valence-corrected chi connectivity index (χ0v) is 12.0. The van der Waals surface area contributed by atoms with Gasteiger partial charge in [-0.1, -0.05) is 66.2 Å². The Morgan fingerprint density at radius 3 is 1.69 bits per heavy atom. The fraction of sp³-hybridized carbons (Fsp3) is 1.00. The van der Waals surface area contributed by atoms with Crippen LogP contribution in [0.25, 0.3) is 0 Å². The highest BCUT2D eigenvalue weighted by molar-refractivity contribution is 4.68. The van der Waals surface area contributed by atoms with Crippen LogP contribution >= 0.6 is 0 Å². The zero-order chi connectivity index (χ0) is 12.2. The van der Waals surface area contributed by atoms with Crippen LogP contribution < -0.4 is 5.32 Å². The second-order valence-electron chi connectivity index (χ2n) is 5.49. The SMILES string of the molecule is CCCCCC(CCCCC)NCC(C)C. The molecular formula is C15H33N. The lowest BCUT2D eigenvalue weighted by molar-refractivity contribution is 0.396. The van der Waals surface area contributed by atoms with Gasteiger partial charge in [0.15, 0.2) is 0 Å². The van der Waals surface area contributed by atoms with Gasteiger partial charge in [-0.05, 0) is 25.3 Å². The van der Waals surface area contributed by atoms with Gasteiger partial charge >= 0.3 is 0 Å². The number of unbranched alkanes of at least 4 members (excludes halogenated alkanes) is 4. The average Bonchev–Trinajstić information content (AvgIpc) is 2.25. The minimum Gasteiger partial charge on any atom is -0.314 e. The smallest absolute Gasteiger partial charge is 0.00671 e. The predicted octanol–water partition coefficient (Wildman–Crippen LogP) is 4.76. The lowest BCUT2D eigenvalue weighted by Gasteiger charge is -2.20. The molecule has 0 aliphatic heterocycles. The first-order valence-corrected chi connectivity index (χ1v) is 7.44. The van der Waals surface area contributed by atoms with Crippen LogP contribution in [-0.4, -0.2) is 12.6 Å². The van der Waals surface area contributed by atoms with Crippen LogP contribution in [0.4, 0.5) is 0 Å². The van der Waals surface area contributed by atoms with E-state index in [-0.39, 0.29) is 0 Å². The maximum Gasteiger partial charge on any atom is 0.00671 e. The normalized spacial score (nSPS) is 11.6. The van der Waals surface area contributed by atoms with Crippen molar-refractivity contribution in [2.75, 3.05) is 6.54 Å². The lowest BCUT2D eigenvalue weighted by atomic mass is 10.0. The topological polar surface area (TPSA) is 12.0 Å². The molecule has 0 atom stereocenters. The molecule has 16 heavy (non-hydrogen) atoms. The second-order valence-corrected chi connectivity index (χ2v) is 5.49. The maximum absolute atomic E-state index is 3.74. The summed E-state index contributed by atoms with van der Waals surface area (Å²) in [6.45, 7) is 10.3. The predicted molar refractivity (Wildman–Crippen MR) is 74.9 cm³/mol. The fourth-order valence-electron chi connectivity index (χ4n) is 2.03. The van der Waals surface area contributed by atoms with E-state index < -0.39 is 0 Å². The number of hydrogen-bond donors (Lipinski definition) is 1. The zero-order valence-electron chi connectivity index (χ0n) is 12.0. The number of rotatable bonds is 11. The van der Waals surface area contributed by atoms with Crippen molar-refractivity contribution in [3.05, 3.63) is 0 Å². The molecule has 0 spiro atoms. The van der Waals surface area contributed by atoms with Crippen LogP contribution in [0.5, 0.6) is 0 Å². The van der Waals surface area contributed by atoms with E-state index in [0.29, 0.717) is 0 Å². The Labute approximate surface area is 103 Å². The van der Waals surface area contributed by atoms with E-state index in [1.54, 1.807) is 0 Å². The van der Waals surface area contributed by atoms with Crippen molar-refractivity contribution >= 4 is 0 Å². The van der Waals surface area contributed by atoms with E-state index in [1.165, 1.54) is 57.9 Å². The maximum atomic E-state index is 3.74. The van der Waals surface area contributed by atoms with Crippen molar-refractivity contribution in [2.24, 2.45) is 5.92 Å². The third-order valence-electron chi connectivity index (χ3n) is 3.13. The summed E-state index contributed by atoms with van der Waals surface area (Å²) in [7, 11) is 0. The molecule has 0 aliphatic carbocycles. The first-order valence-electron chi connectivity index (χ1n) is 7.44. The van der Waals surface area contributed by atoms with Crippen molar-refractivity contribution in [3.63, 3.8) is 0 Å². The summed E-state index contributed by atoms with van der Waals surface area (Å²) < 4.78 is 0. The van der Waals surface area contributed by atoms with Gasteiger partial charge in [0, 0.05) is 6.04 Å². The molecule has 0 aromatic rings. The average molecular weight is 227 g/mol. The molecule has 1 nitrogen and oxygen atoms in total. The van der Waals surface area contributed by atoms with Gasteiger partial charge in [-0.2, -0.15) is 0 Å². The van der Waals surface area contributed by atoms with E-state index in [9.17, 15) is 0 Å². The standard InChI is InChI=1S/C15H33N/c1-5-7-9-11-15(12-10-8-6-2)16-13-14(3)4/h14-16H,5-13H2,1-4H3. The molecule has 0 aromatic heterocycles. The minimum absolute atomic E-state index is 0.778. The van der Waals surface area contributed by atoms with Gasteiger partial charge < -0.3 is 5.32 Å². The summed E-state index contributed by atoms with van der Waals surface area (Å²) in [5, 5.41) is 3.74. The van der Waals surface area contributed by atoms with Crippen LogP contribution in [0.15, 0.2) is 0 Å². The first kappa shape index (κ1) is 16.0. The van der Waals surface area contributed by atoms with Gasteiger partial charge in [0.1, 0.15) is 0 Å². The number of hydrogen-bond acceptors (Lipinski definition) is 1. The van der Waals surface area contributed by atoms with E-state index in [2.05, 4.69) is 33.0 Å². The molecule has 0 unspecified atom stereocenters. The van der Waals surface area contributed by atoms with Gasteiger partial charge in [0.25, 0.3) is 0 Å². The molecule has 0 bridgehead atoms. The molecule has 0 aromatic carbocycles. The molecule has 1 N–H and O–H groups in total. The van der Waals surface area contributed by atoms with E-state index in [4.69, 9.17) is 0 Å². The molecule has 0 radical (unpaired) electrons. The van der Waals surface area contributed by atoms with Gasteiger partial charge in [0.2, 0.25) is 0 Å². The third-order valence-corrected chi connectivity index (χ3v) is 3.13. The van der Waals surface area contributed by atoms with Crippen molar-refractivity contribution in [3.8, 4) is 0 Å². The molecule has 0 rings (SSSR count). The van der Waals surface area contributed by atoms with Crippen LogP contribution in [0.1, 0.15) is 79.1 Å². The summed E-state index contributed by atoms with van der Waals surface area (Å²) in [4.78, 5) is 0. The molecule has 0 fully saturated rings. The van der Waals surface area contributed by atoms with Crippen LogP contribution in [0.2, 0.25) is 0 Å². The molecule has 0 heterocycles. The Morgan fingerprint density at radius 1 is 0.812 bits per heavy atom. The third kappa shape index (κ3) is 10.5. The fourth-order valence-corrected chi connectivity index (χ4v) is 2.03. The Morgan fingerprint density at radius 2 is 1.31 bits per heavy atom. The summed E-state index contributed by atoms with van der Waals surface area (Å²) in [5.41, 5.74) is 0. The highest BCUT2D eigenvalue weighted by atomic mass is 14.9. The molecule has 1 heteroatoms. The Bertz CT molecular complexity index is 121. The van der Waals surface area contributed by atoms with Crippen LogP contribution in [0, 0.1) is 5.92 Å². The Kier molecular flexibility index (Phi) is 11.4. The summed E-state index contributed by atoms with van der Waals surface area (Å²) in [5.74, 6) is 0.778. The van der Waals surface area contributed by atoms with Gasteiger partial charge in [-0.3, -0.25) is 0 Å². The van der Waals surface area contributed by atoms with Crippen molar-refractivity contribution < 1.29 is 0 Å². The highest BCUT2D eigenvalue weighted by Crippen LogP contribution is 2.11. The largest absolute Gasteiger partial charge is 0.314 e. The van der Waals surface area contributed by atoms with Crippen molar-refractivity contribution in [1.82, 2.24) is 5.32 Å². The quantitative estimate of drug-likeness (QED) is 0.502. The minimum atomic E-state index is 0.778. The molecule has 98 valence electrons. The van der Waals surface area contributed by atoms with Crippen molar-refractivity contribution in [2.45, 2.75) is 85.1 Å². The van der Waals surface area contributed by atoms with Gasteiger partial charge in [-0.15, -0.1) is 0 Å². The molecule has 0 aliphatic rings. The first-order chi connectivity index (χ1) is 7.70. The second kappa shape index (κ2) is 11.4. The molecule has 0 saturated carbocycles. The summed E-state index contributed by atoms with van der Waals surface area (Å²) >= 11 is 0. The molecular weight excluding hydrogens is 194 g/mol. The molecule has 0 saturated heterocycles. The van der Waals surface area contributed by atoms with Crippen molar-refractivity contribution in [1.29, 1.82) is 0 Å².